The zero-order chi connectivity index (χ0) is 8.55. The van der Waals surface area contributed by atoms with Gasteiger partial charge < -0.3 is 4.57 Å². The van der Waals surface area contributed by atoms with Crippen molar-refractivity contribution in [1.82, 2.24) is 9.55 Å². The van der Waals surface area contributed by atoms with Gasteiger partial charge in [-0.25, -0.2) is 4.98 Å². The third kappa shape index (κ3) is 1.12. The van der Waals surface area contributed by atoms with E-state index in [9.17, 15) is 0 Å². The number of rotatable bonds is 1. The molecule has 0 aliphatic heterocycles. The molecule has 0 amide bonds. The molecule has 1 aromatic carbocycles. The highest BCUT2D eigenvalue weighted by Crippen LogP contribution is 2.16. The fourth-order valence-electron chi connectivity index (χ4n) is 1.35. The van der Waals surface area contributed by atoms with Gasteiger partial charge in [-0.1, -0.05) is 12.1 Å². The Balaban J connectivity index is 2.81. The number of hydrogen-bond donors (Lipinski definition) is 0. The largest absolute Gasteiger partial charge is 0.320 e. The first-order valence-electron chi connectivity index (χ1n) is 3.93. The van der Waals surface area contributed by atoms with Crippen LogP contribution in [-0.4, -0.2) is 9.55 Å². The van der Waals surface area contributed by atoms with Gasteiger partial charge >= 0.3 is 0 Å². The van der Waals surface area contributed by atoms with Crippen molar-refractivity contribution < 1.29 is 0 Å². The van der Waals surface area contributed by atoms with Crippen LogP contribution in [0.5, 0.6) is 0 Å². The zero-order valence-corrected chi connectivity index (χ0v) is 8.95. The molecule has 0 saturated heterocycles. The molecule has 0 radical (unpaired) electrons. The van der Waals surface area contributed by atoms with E-state index in [1.165, 1.54) is 5.52 Å². The number of imidazole rings is 1. The van der Waals surface area contributed by atoms with E-state index < -0.39 is 0 Å². The molecule has 1 heterocycles. The van der Waals surface area contributed by atoms with Crippen LogP contribution in [0.3, 0.4) is 0 Å². The Morgan fingerprint density at radius 2 is 2.17 bits per heavy atom. The van der Waals surface area contributed by atoms with Crippen molar-refractivity contribution in [2.45, 2.75) is 13.5 Å². The lowest BCUT2D eigenvalue weighted by Gasteiger charge is -1.98. The Bertz CT molecular complexity index is 406. The van der Waals surface area contributed by atoms with Gasteiger partial charge in [0.25, 0.3) is 0 Å². The van der Waals surface area contributed by atoms with Crippen molar-refractivity contribution in [3.05, 3.63) is 28.1 Å². The molecule has 12 heavy (non-hydrogen) atoms. The Labute approximate surface area is 84.7 Å². The minimum absolute atomic E-state index is 0.985. The molecule has 1 aromatic heterocycles. The van der Waals surface area contributed by atoms with Crippen molar-refractivity contribution in [3.63, 3.8) is 0 Å². The number of nitrogens with zero attached hydrogens (tertiary/aromatic N) is 2. The van der Waals surface area contributed by atoms with Gasteiger partial charge in [0.2, 0.25) is 0 Å². The summed E-state index contributed by atoms with van der Waals surface area (Å²) in [5.41, 5.74) is 2.31. The molecule has 0 fully saturated rings. The van der Waals surface area contributed by atoms with Crippen LogP contribution in [0.1, 0.15) is 6.92 Å². The average Bonchev–Trinajstić information content (AvgIpc) is 2.40. The van der Waals surface area contributed by atoms with Crippen LogP contribution in [0, 0.1) is 3.83 Å². The average molecular weight is 272 g/mol. The van der Waals surface area contributed by atoms with E-state index >= 15 is 0 Å². The molecular formula is C9H9IN2. The van der Waals surface area contributed by atoms with Crippen LogP contribution >= 0.6 is 22.6 Å². The number of fused-ring (bicyclic) bond motifs is 1. The van der Waals surface area contributed by atoms with Crippen LogP contribution in [0.2, 0.25) is 0 Å². The highest BCUT2D eigenvalue weighted by atomic mass is 127. The second-order valence-electron chi connectivity index (χ2n) is 2.61. The Kier molecular flexibility index (Phi) is 2.04. The number of hydrogen-bond acceptors (Lipinski definition) is 1. The molecule has 0 bridgehead atoms. The monoisotopic (exact) mass is 272 g/mol. The Morgan fingerprint density at radius 1 is 1.42 bits per heavy atom. The van der Waals surface area contributed by atoms with Crippen LogP contribution in [0.15, 0.2) is 24.3 Å². The van der Waals surface area contributed by atoms with E-state index in [2.05, 4.69) is 45.1 Å². The van der Waals surface area contributed by atoms with E-state index in [1.54, 1.807) is 0 Å². The lowest BCUT2D eigenvalue weighted by atomic mass is 10.3. The molecule has 0 aliphatic carbocycles. The molecule has 0 atom stereocenters. The predicted molar refractivity (Wildman–Crippen MR) is 58.1 cm³/mol. The van der Waals surface area contributed by atoms with Crippen molar-refractivity contribution in [2.75, 3.05) is 0 Å². The molecule has 2 rings (SSSR count). The summed E-state index contributed by atoms with van der Waals surface area (Å²) in [6, 6.07) is 8.22. The normalized spacial score (nSPS) is 10.8. The maximum Gasteiger partial charge on any atom is 0.172 e. The quantitative estimate of drug-likeness (QED) is 0.730. The van der Waals surface area contributed by atoms with E-state index in [4.69, 9.17) is 0 Å². The van der Waals surface area contributed by atoms with Crippen LogP contribution in [0.4, 0.5) is 0 Å². The molecule has 3 heteroatoms. The highest BCUT2D eigenvalue weighted by molar-refractivity contribution is 14.1. The Hall–Kier alpha value is -0.580. The standard InChI is InChI=1S/C9H9IN2/c1-2-12-8-6-4-3-5-7(8)11-9(12)10/h3-6H,2H2,1H3. The van der Waals surface area contributed by atoms with E-state index in [0.717, 1.165) is 15.9 Å². The van der Waals surface area contributed by atoms with Crippen molar-refractivity contribution in [3.8, 4) is 0 Å². The minimum atomic E-state index is 0.985. The van der Waals surface area contributed by atoms with Gasteiger partial charge in [-0.2, -0.15) is 0 Å². The number of benzene rings is 1. The lowest BCUT2D eigenvalue weighted by molar-refractivity contribution is 0.763. The summed E-state index contributed by atoms with van der Waals surface area (Å²) in [6.45, 7) is 3.12. The molecule has 0 N–H and O–H groups in total. The van der Waals surface area contributed by atoms with Gasteiger partial charge in [0.05, 0.1) is 11.0 Å². The lowest BCUT2D eigenvalue weighted by Crippen LogP contribution is -1.95. The van der Waals surface area contributed by atoms with Gasteiger partial charge in [-0.05, 0) is 41.6 Å². The molecule has 0 aliphatic rings. The topological polar surface area (TPSA) is 17.8 Å². The first kappa shape index (κ1) is 8.04. The molecule has 0 saturated carbocycles. The van der Waals surface area contributed by atoms with Gasteiger partial charge in [0.15, 0.2) is 3.83 Å². The first-order valence-corrected chi connectivity index (χ1v) is 5.01. The molecule has 0 spiro atoms. The van der Waals surface area contributed by atoms with E-state index in [1.807, 2.05) is 18.2 Å². The van der Waals surface area contributed by atoms with Gasteiger partial charge in [-0.15, -0.1) is 0 Å². The van der Waals surface area contributed by atoms with E-state index in [0.29, 0.717) is 0 Å². The summed E-state index contributed by atoms with van der Waals surface area (Å²) in [5, 5.41) is 0. The number of halogens is 1. The fraction of sp³-hybridized carbons (Fsp3) is 0.222. The molecule has 2 aromatic rings. The number of aryl methyl sites for hydroxylation is 1. The maximum atomic E-state index is 4.43. The predicted octanol–water partition coefficient (Wildman–Crippen LogP) is 2.66. The van der Waals surface area contributed by atoms with Crippen molar-refractivity contribution in [1.29, 1.82) is 0 Å². The smallest absolute Gasteiger partial charge is 0.172 e. The fourth-order valence-corrected chi connectivity index (χ4v) is 2.21. The SMILES string of the molecule is CCn1c(I)nc2ccccc21. The minimum Gasteiger partial charge on any atom is -0.320 e. The van der Waals surface area contributed by atoms with Crippen LogP contribution in [-0.2, 0) is 6.54 Å². The molecule has 62 valence electrons. The number of aromatic nitrogens is 2. The highest BCUT2D eigenvalue weighted by Gasteiger charge is 2.04. The second-order valence-corrected chi connectivity index (χ2v) is 3.58. The molecular weight excluding hydrogens is 263 g/mol. The van der Waals surface area contributed by atoms with Crippen LogP contribution < -0.4 is 0 Å². The summed E-state index contributed by atoms with van der Waals surface area (Å²) in [4.78, 5) is 4.43. The summed E-state index contributed by atoms with van der Waals surface area (Å²) in [6.07, 6.45) is 0. The van der Waals surface area contributed by atoms with Crippen molar-refractivity contribution >= 4 is 33.6 Å². The maximum absolute atomic E-state index is 4.43. The number of para-hydroxylation sites is 2. The second kappa shape index (κ2) is 3.05. The zero-order valence-electron chi connectivity index (χ0n) is 6.79. The molecule has 2 nitrogen and oxygen atoms in total. The van der Waals surface area contributed by atoms with Gasteiger partial charge in [0.1, 0.15) is 0 Å². The first-order chi connectivity index (χ1) is 5.83. The summed E-state index contributed by atoms with van der Waals surface area (Å²) in [5.74, 6) is 0. The summed E-state index contributed by atoms with van der Waals surface area (Å²) < 4.78 is 3.27. The summed E-state index contributed by atoms with van der Waals surface area (Å²) >= 11 is 2.27. The van der Waals surface area contributed by atoms with Gasteiger partial charge in [-0.3, -0.25) is 0 Å². The summed E-state index contributed by atoms with van der Waals surface area (Å²) in [7, 11) is 0. The third-order valence-corrected chi connectivity index (χ3v) is 2.75. The molecule has 0 unspecified atom stereocenters. The van der Waals surface area contributed by atoms with Gasteiger partial charge in [0, 0.05) is 6.54 Å². The van der Waals surface area contributed by atoms with Crippen molar-refractivity contribution in [2.24, 2.45) is 0 Å². The van der Waals surface area contributed by atoms with E-state index in [-0.39, 0.29) is 0 Å². The van der Waals surface area contributed by atoms with Crippen LogP contribution in [0.25, 0.3) is 11.0 Å². The Morgan fingerprint density at radius 3 is 2.92 bits per heavy atom. The third-order valence-electron chi connectivity index (χ3n) is 1.92.